The fourth-order valence-corrected chi connectivity index (χ4v) is 4.93. The number of rotatable bonds is 4. The second-order valence-electron chi connectivity index (χ2n) is 6.52. The zero-order valence-electron chi connectivity index (χ0n) is 13.7. The van der Waals surface area contributed by atoms with Crippen molar-refractivity contribution in [3.63, 3.8) is 0 Å². The Morgan fingerprint density at radius 3 is 1.68 bits per heavy atom. The summed E-state index contributed by atoms with van der Waals surface area (Å²) in [5.41, 5.74) is 0.877. The van der Waals surface area contributed by atoms with E-state index in [0.29, 0.717) is 0 Å². The van der Waals surface area contributed by atoms with Crippen LogP contribution < -0.4 is 15.9 Å². The second kappa shape index (κ2) is 6.54. The number of hydrogen-bond donors (Lipinski definition) is 1. The molecule has 3 heteroatoms. The third-order valence-corrected chi connectivity index (χ3v) is 6.11. The van der Waals surface area contributed by atoms with E-state index >= 15 is 0 Å². The quantitative estimate of drug-likeness (QED) is 0.855. The summed E-state index contributed by atoms with van der Waals surface area (Å²) in [7, 11) is -2.79. The van der Waals surface area contributed by atoms with E-state index < -0.39 is 7.14 Å². The summed E-state index contributed by atoms with van der Waals surface area (Å²) in [4.78, 5) is 0. The van der Waals surface area contributed by atoms with Gasteiger partial charge in [0.25, 0.3) is 0 Å². The average Bonchev–Trinajstić information content (AvgIpc) is 2.47. The van der Waals surface area contributed by atoms with Gasteiger partial charge in [-0.15, -0.1) is 0 Å². The Morgan fingerprint density at radius 1 is 0.909 bits per heavy atom. The normalized spacial score (nSPS) is 13.0. The minimum absolute atomic E-state index is 0.0568. The van der Waals surface area contributed by atoms with Crippen molar-refractivity contribution in [2.45, 2.75) is 33.2 Å². The lowest BCUT2D eigenvalue weighted by atomic mass is 10.1. The zero-order valence-corrected chi connectivity index (χ0v) is 14.6. The molecule has 2 aromatic carbocycles. The predicted molar refractivity (Wildman–Crippen MR) is 96.4 cm³/mol. The highest BCUT2D eigenvalue weighted by Crippen LogP contribution is 2.45. The second-order valence-corrected chi connectivity index (χ2v) is 9.12. The highest BCUT2D eigenvalue weighted by Gasteiger charge is 2.25. The lowest BCUT2D eigenvalue weighted by molar-refractivity contribution is 0.474. The highest BCUT2D eigenvalue weighted by atomic mass is 31.2. The molecule has 0 aromatic heterocycles. The van der Waals surface area contributed by atoms with Crippen molar-refractivity contribution in [2.24, 2.45) is 0 Å². The summed E-state index contributed by atoms with van der Waals surface area (Å²) in [5.74, 6) is 1.89. The Kier molecular flexibility index (Phi) is 4.93. The van der Waals surface area contributed by atoms with Gasteiger partial charge in [-0.3, -0.25) is 0 Å². The molecule has 2 nitrogen and oxygen atoms in total. The molecule has 22 heavy (non-hydrogen) atoms. The Labute approximate surface area is 133 Å². The number of benzene rings is 2. The number of hydrogen-bond acceptors (Lipinski definition) is 2. The van der Waals surface area contributed by atoms with Crippen molar-refractivity contribution in [3.05, 3.63) is 72.2 Å². The molecule has 0 unspecified atom stereocenters. The molecule has 0 aliphatic heterocycles. The largest absolute Gasteiger partial charge is 0.384 e. The number of allylic oxidation sites excluding steroid dienone is 1. The molecule has 1 N–H and O–H groups in total. The van der Waals surface area contributed by atoms with Gasteiger partial charge in [0.1, 0.15) is 0 Å². The third-order valence-electron chi connectivity index (χ3n) is 3.23. The van der Waals surface area contributed by atoms with Crippen molar-refractivity contribution >= 4 is 17.8 Å². The molecule has 0 atom stereocenters. The van der Waals surface area contributed by atoms with Crippen LogP contribution in [0.4, 0.5) is 0 Å². The van der Waals surface area contributed by atoms with Crippen molar-refractivity contribution in [1.29, 1.82) is 0 Å². The maximum absolute atomic E-state index is 13.8. The molecule has 0 spiro atoms. The predicted octanol–water partition coefficient (Wildman–Crippen LogP) is 4.25. The third kappa shape index (κ3) is 4.11. The van der Waals surface area contributed by atoms with Crippen molar-refractivity contribution in [1.82, 2.24) is 5.32 Å². The topological polar surface area (TPSA) is 29.1 Å². The fourth-order valence-electron chi connectivity index (χ4n) is 2.49. The molecule has 0 bridgehead atoms. The molecule has 0 amide bonds. The Hall–Kier alpha value is -1.79. The molecule has 0 saturated heterocycles. The van der Waals surface area contributed by atoms with Gasteiger partial charge in [-0.05, 0) is 27.7 Å². The van der Waals surface area contributed by atoms with E-state index in [9.17, 15) is 4.57 Å². The SMILES string of the molecule is C/C(=C\P(=O)(c1ccccc1)c1ccccc1)NC(C)(C)C. The fraction of sp³-hybridized carbons (Fsp3) is 0.263. The van der Waals surface area contributed by atoms with Gasteiger partial charge in [-0.1, -0.05) is 60.7 Å². The molecular formula is C19H24NOP. The van der Waals surface area contributed by atoms with Gasteiger partial charge in [0, 0.05) is 27.7 Å². The van der Waals surface area contributed by atoms with E-state index in [0.717, 1.165) is 16.3 Å². The van der Waals surface area contributed by atoms with Crippen LogP contribution in [-0.4, -0.2) is 5.54 Å². The minimum atomic E-state index is -2.79. The summed E-state index contributed by atoms with van der Waals surface area (Å²) in [6, 6.07) is 19.4. The van der Waals surface area contributed by atoms with Gasteiger partial charge >= 0.3 is 0 Å². The van der Waals surface area contributed by atoms with Crippen molar-refractivity contribution in [3.8, 4) is 0 Å². The van der Waals surface area contributed by atoms with Gasteiger partial charge < -0.3 is 9.88 Å². The minimum Gasteiger partial charge on any atom is -0.384 e. The molecule has 0 fully saturated rings. The van der Waals surface area contributed by atoms with Crippen LogP contribution in [0.15, 0.2) is 72.2 Å². The molecule has 0 radical (unpaired) electrons. The molecule has 0 heterocycles. The van der Waals surface area contributed by atoms with Gasteiger partial charge in [0.05, 0.1) is 0 Å². The van der Waals surface area contributed by atoms with Crippen molar-refractivity contribution < 1.29 is 4.57 Å². The summed E-state index contributed by atoms with van der Waals surface area (Å²) >= 11 is 0. The highest BCUT2D eigenvalue weighted by molar-refractivity contribution is 7.81. The molecule has 0 aliphatic rings. The molecule has 0 saturated carbocycles. The van der Waals surface area contributed by atoms with E-state index in [-0.39, 0.29) is 5.54 Å². The first-order valence-corrected chi connectivity index (χ1v) is 9.27. The van der Waals surface area contributed by atoms with Crippen LogP contribution in [0, 0.1) is 0 Å². The van der Waals surface area contributed by atoms with Crippen molar-refractivity contribution in [2.75, 3.05) is 0 Å². The molecule has 0 aliphatic carbocycles. The van der Waals surface area contributed by atoms with Crippen LogP contribution in [-0.2, 0) is 4.57 Å². The van der Waals surface area contributed by atoms with Gasteiger partial charge in [-0.2, -0.15) is 0 Å². The van der Waals surface area contributed by atoms with Crippen LogP contribution in [0.5, 0.6) is 0 Å². The Morgan fingerprint density at radius 2 is 1.32 bits per heavy atom. The number of nitrogens with one attached hydrogen (secondary N) is 1. The summed E-state index contributed by atoms with van der Waals surface area (Å²) in [6.45, 7) is 8.27. The maximum atomic E-state index is 13.8. The van der Waals surface area contributed by atoms with Gasteiger partial charge in [0.2, 0.25) is 0 Å². The van der Waals surface area contributed by atoms with E-state index in [1.807, 2.05) is 73.4 Å². The van der Waals surface area contributed by atoms with E-state index in [2.05, 4.69) is 26.1 Å². The van der Waals surface area contributed by atoms with Crippen LogP contribution in [0.2, 0.25) is 0 Å². The smallest absolute Gasteiger partial charge is 0.165 e. The molecule has 2 aromatic rings. The standard InChI is InChI=1S/C19H24NOP/c1-16(20-19(2,3)4)15-22(21,17-11-7-5-8-12-17)18-13-9-6-10-14-18/h5-15,20H,1-4H3/b16-15+. The van der Waals surface area contributed by atoms with Crippen LogP contribution >= 0.6 is 7.14 Å². The summed E-state index contributed by atoms with van der Waals surface area (Å²) < 4.78 is 13.8. The van der Waals surface area contributed by atoms with E-state index in [1.54, 1.807) is 0 Å². The van der Waals surface area contributed by atoms with Crippen LogP contribution in [0.1, 0.15) is 27.7 Å². The first kappa shape index (κ1) is 16.6. The Bertz CT molecular complexity index is 641. The maximum Gasteiger partial charge on any atom is 0.165 e. The first-order chi connectivity index (χ1) is 10.3. The first-order valence-electron chi connectivity index (χ1n) is 7.50. The van der Waals surface area contributed by atoms with Gasteiger partial charge in [0.15, 0.2) is 7.14 Å². The molecule has 2 rings (SSSR count). The monoisotopic (exact) mass is 313 g/mol. The van der Waals surface area contributed by atoms with E-state index in [4.69, 9.17) is 0 Å². The van der Waals surface area contributed by atoms with Gasteiger partial charge in [-0.25, -0.2) is 0 Å². The summed E-state index contributed by atoms with van der Waals surface area (Å²) in [5, 5.41) is 5.12. The lowest BCUT2D eigenvalue weighted by Crippen LogP contribution is -2.34. The molecular weight excluding hydrogens is 289 g/mol. The van der Waals surface area contributed by atoms with Crippen LogP contribution in [0.25, 0.3) is 0 Å². The average molecular weight is 313 g/mol. The Balaban J connectivity index is 2.53. The van der Waals surface area contributed by atoms with E-state index in [1.165, 1.54) is 0 Å². The lowest BCUT2D eigenvalue weighted by Gasteiger charge is -2.24. The summed E-state index contributed by atoms with van der Waals surface area (Å²) in [6.07, 6.45) is 0. The van der Waals surface area contributed by atoms with Crippen LogP contribution in [0.3, 0.4) is 0 Å². The molecule has 116 valence electrons. The zero-order chi connectivity index (χ0) is 16.2.